The van der Waals surface area contributed by atoms with Gasteiger partial charge in [-0.1, -0.05) is 12.1 Å². The molecule has 1 aromatic carbocycles. The third kappa shape index (κ3) is 3.97. The quantitative estimate of drug-likeness (QED) is 0.769. The summed E-state index contributed by atoms with van der Waals surface area (Å²) in [6.45, 7) is 1.06. The number of nitrogens with zero attached hydrogens (tertiary/aromatic N) is 3. The number of hydrogen-bond donors (Lipinski definition) is 1. The lowest BCUT2D eigenvalue weighted by Gasteiger charge is -2.32. The zero-order valence-electron chi connectivity index (χ0n) is 14.8. The van der Waals surface area contributed by atoms with Crippen LogP contribution in [0.1, 0.15) is 46.4 Å². The number of nitriles is 1. The number of imide groups is 1. The number of nitrogens with one attached hydrogen (secondary N) is 1. The van der Waals surface area contributed by atoms with Crippen molar-refractivity contribution in [1.82, 2.24) is 15.1 Å². The van der Waals surface area contributed by atoms with Crippen molar-refractivity contribution in [3.63, 3.8) is 0 Å². The molecule has 1 N–H and O–H groups in total. The summed E-state index contributed by atoms with van der Waals surface area (Å²) in [6.07, 6.45) is 1.15. The van der Waals surface area contributed by atoms with E-state index >= 15 is 0 Å². The lowest BCUT2D eigenvalue weighted by molar-refractivity contribution is -0.132. The second-order valence-corrected chi connectivity index (χ2v) is 6.61. The molecule has 27 heavy (non-hydrogen) atoms. The van der Waals surface area contributed by atoms with Crippen molar-refractivity contribution < 1.29 is 19.2 Å². The van der Waals surface area contributed by atoms with Crippen LogP contribution in [0.2, 0.25) is 0 Å². The van der Waals surface area contributed by atoms with Crippen molar-refractivity contribution in [1.29, 1.82) is 5.26 Å². The third-order valence-corrected chi connectivity index (χ3v) is 4.88. The van der Waals surface area contributed by atoms with Crippen molar-refractivity contribution in [3.8, 4) is 6.07 Å². The van der Waals surface area contributed by atoms with Gasteiger partial charge in [0.05, 0.1) is 17.2 Å². The first kappa shape index (κ1) is 18.6. The molecule has 2 heterocycles. The number of amides is 4. The largest absolute Gasteiger partial charge is 0.352 e. The van der Waals surface area contributed by atoms with E-state index in [0.29, 0.717) is 37.1 Å². The van der Waals surface area contributed by atoms with Gasteiger partial charge in [0.25, 0.3) is 11.8 Å². The molecule has 8 heteroatoms. The molecule has 0 unspecified atom stereocenters. The Labute approximate surface area is 156 Å². The lowest BCUT2D eigenvalue weighted by atomic mass is 10.0. The maximum atomic E-state index is 12.4. The van der Waals surface area contributed by atoms with Gasteiger partial charge in [-0.05, 0) is 25.0 Å². The van der Waals surface area contributed by atoms with Gasteiger partial charge in [0.1, 0.15) is 6.42 Å². The van der Waals surface area contributed by atoms with Crippen LogP contribution in [0.4, 0.5) is 0 Å². The number of carbonyl (C=O) groups is 4. The van der Waals surface area contributed by atoms with Crippen LogP contribution in [0.5, 0.6) is 0 Å². The smallest absolute Gasteiger partial charge is 0.261 e. The first-order valence-electron chi connectivity index (χ1n) is 8.90. The molecule has 0 saturated carbocycles. The Morgan fingerprint density at radius 1 is 1.11 bits per heavy atom. The maximum Gasteiger partial charge on any atom is 0.261 e. The fourth-order valence-electron chi connectivity index (χ4n) is 3.43. The van der Waals surface area contributed by atoms with Crippen LogP contribution >= 0.6 is 0 Å². The first-order chi connectivity index (χ1) is 13.0. The van der Waals surface area contributed by atoms with Crippen molar-refractivity contribution in [2.45, 2.75) is 31.7 Å². The van der Waals surface area contributed by atoms with Gasteiger partial charge in [0, 0.05) is 32.1 Å². The minimum atomic E-state index is -0.359. The average Bonchev–Trinajstić information content (AvgIpc) is 2.91. The van der Waals surface area contributed by atoms with Crippen LogP contribution in [0.3, 0.4) is 0 Å². The average molecular weight is 368 g/mol. The summed E-state index contributed by atoms with van der Waals surface area (Å²) in [7, 11) is 0. The van der Waals surface area contributed by atoms with E-state index in [1.165, 1.54) is 0 Å². The number of rotatable bonds is 5. The fraction of sp³-hybridized carbons (Fsp3) is 0.421. The lowest BCUT2D eigenvalue weighted by Crippen LogP contribution is -2.47. The third-order valence-electron chi connectivity index (χ3n) is 4.88. The Bertz CT molecular complexity index is 786. The molecule has 0 radical (unpaired) electrons. The zero-order chi connectivity index (χ0) is 19.4. The highest BCUT2D eigenvalue weighted by atomic mass is 16.2. The van der Waals surface area contributed by atoms with Gasteiger partial charge in [0.15, 0.2) is 0 Å². The molecule has 4 amide bonds. The summed E-state index contributed by atoms with van der Waals surface area (Å²) in [6, 6.07) is 8.41. The summed E-state index contributed by atoms with van der Waals surface area (Å²) >= 11 is 0. The number of likely N-dealkylation sites (tertiary alicyclic amines) is 1. The Hall–Kier alpha value is -3.21. The molecular formula is C19H20N4O4. The molecule has 1 saturated heterocycles. The number of benzene rings is 1. The monoisotopic (exact) mass is 368 g/mol. The second kappa shape index (κ2) is 7.99. The Morgan fingerprint density at radius 2 is 1.70 bits per heavy atom. The number of fused-ring (bicyclic) bond motifs is 1. The van der Waals surface area contributed by atoms with E-state index in [-0.39, 0.29) is 49.1 Å². The van der Waals surface area contributed by atoms with E-state index in [0.717, 1.165) is 4.90 Å². The van der Waals surface area contributed by atoms with E-state index < -0.39 is 0 Å². The number of carbonyl (C=O) groups excluding carboxylic acids is 4. The van der Waals surface area contributed by atoms with Gasteiger partial charge >= 0.3 is 0 Å². The Kier molecular flexibility index (Phi) is 5.50. The summed E-state index contributed by atoms with van der Waals surface area (Å²) in [5.74, 6) is -1.13. The minimum absolute atomic E-state index is 0.0360. The molecule has 0 atom stereocenters. The van der Waals surface area contributed by atoms with Crippen molar-refractivity contribution in [3.05, 3.63) is 35.4 Å². The molecule has 2 aliphatic rings. The molecule has 3 rings (SSSR count). The van der Waals surface area contributed by atoms with Gasteiger partial charge in [-0.25, -0.2) is 0 Å². The van der Waals surface area contributed by atoms with Crippen LogP contribution in [0, 0.1) is 11.3 Å². The topological polar surface area (TPSA) is 111 Å². The van der Waals surface area contributed by atoms with E-state index in [1.807, 2.05) is 0 Å². The van der Waals surface area contributed by atoms with Gasteiger partial charge in [0.2, 0.25) is 11.8 Å². The highest BCUT2D eigenvalue weighted by Crippen LogP contribution is 2.22. The summed E-state index contributed by atoms with van der Waals surface area (Å²) in [4.78, 5) is 51.3. The number of hydrogen-bond acceptors (Lipinski definition) is 5. The van der Waals surface area contributed by atoms with Gasteiger partial charge in [-0.2, -0.15) is 5.26 Å². The SMILES string of the molecule is N#CCC(=O)NC1CCN(C(=O)CCN2C(=O)c3ccccc3C2=O)CC1. The van der Waals surface area contributed by atoms with Gasteiger partial charge in [-0.15, -0.1) is 0 Å². The van der Waals surface area contributed by atoms with E-state index in [4.69, 9.17) is 5.26 Å². The standard InChI is InChI=1S/C19H20N4O4/c20-9-5-16(24)21-13-6-10-22(11-7-13)17(25)8-12-23-18(26)14-3-1-2-4-15(14)19(23)27/h1-4,13H,5-8,10-12H2,(H,21,24). The van der Waals surface area contributed by atoms with Gasteiger partial charge < -0.3 is 10.2 Å². The molecule has 2 aliphatic heterocycles. The van der Waals surface area contributed by atoms with Crippen molar-refractivity contribution in [2.24, 2.45) is 0 Å². The highest BCUT2D eigenvalue weighted by molar-refractivity contribution is 6.21. The summed E-state index contributed by atoms with van der Waals surface area (Å²) < 4.78 is 0. The number of piperidine rings is 1. The molecule has 0 aromatic heterocycles. The van der Waals surface area contributed by atoms with E-state index in [2.05, 4.69) is 5.32 Å². The van der Waals surface area contributed by atoms with Crippen molar-refractivity contribution >= 4 is 23.6 Å². The van der Waals surface area contributed by atoms with Crippen LogP contribution in [-0.4, -0.2) is 59.1 Å². The predicted molar refractivity (Wildman–Crippen MR) is 94.4 cm³/mol. The molecule has 0 aliphatic carbocycles. The predicted octanol–water partition coefficient (Wildman–Crippen LogP) is 0.694. The Balaban J connectivity index is 1.47. The molecular weight excluding hydrogens is 348 g/mol. The molecule has 0 spiro atoms. The zero-order valence-corrected chi connectivity index (χ0v) is 14.8. The van der Waals surface area contributed by atoms with Gasteiger partial charge in [-0.3, -0.25) is 24.1 Å². The van der Waals surface area contributed by atoms with Crippen LogP contribution in [-0.2, 0) is 9.59 Å². The van der Waals surface area contributed by atoms with Crippen LogP contribution in [0.25, 0.3) is 0 Å². The molecule has 8 nitrogen and oxygen atoms in total. The van der Waals surface area contributed by atoms with Crippen molar-refractivity contribution in [2.75, 3.05) is 19.6 Å². The fourth-order valence-corrected chi connectivity index (χ4v) is 3.43. The normalized spacial score (nSPS) is 16.9. The second-order valence-electron chi connectivity index (χ2n) is 6.61. The summed E-state index contributed by atoms with van der Waals surface area (Å²) in [5, 5.41) is 11.3. The Morgan fingerprint density at radius 3 is 2.26 bits per heavy atom. The first-order valence-corrected chi connectivity index (χ1v) is 8.90. The van der Waals surface area contributed by atoms with Crippen LogP contribution in [0.15, 0.2) is 24.3 Å². The molecule has 1 aromatic rings. The molecule has 1 fully saturated rings. The highest BCUT2D eigenvalue weighted by Gasteiger charge is 2.35. The molecule has 0 bridgehead atoms. The molecule has 140 valence electrons. The summed E-state index contributed by atoms with van der Waals surface area (Å²) in [5.41, 5.74) is 0.757. The van der Waals surface area contributed by atoms with Crippen LogP contribution < -0.4 is 5.32 Å². The minimum Gasteiger partial charge on any atom is -0.352 e. The maximum absolute atomic E-state index is 12.4. The van der Waals surface area contributed by atoms with E-state index in [9.17, 15) is 19.2 Å². The van der Waals surface area contributed by atoms with E-state index in [1.54, 1.807) is 35.2 Å².